The Hall–Kier alpha value is -3.74. The Labute approximate surface area is 155 Å². The molecule has 0 aliphatic rings. The summed E-state index contributed by atoms with van der Waals surface area (Å²) in [6, 6.07) is 19.0. The predicted octanol–water partition coefficient (Wildman–Crippen LogP) is 3.70. The van der Waals surface area contributed by atoms with Crippen LogP contribution in [0.2, 0.25) is 0 Å². The van der Waals surface area contributed by atoms with Gasteiger partial charge in [-0.3, -0.25) is 9.89 Å². The monoisotopic (exact) mass is 359 g/mol. The van der Waals surface area contributed by atoms with Gasteiger partial charge in [-0.1, -0.05) is 30.3 Å². The quantitative estimate of drug-likeness (QED) is 0.547. The summed E-state index contributed by atoms with van der Waals surface area (Å²) in [4.78, 5) is 12.2. The van der Waals surface area contributed by atoms with Crippen molar-refractivity contribution in [1.29, 1.82) is 0 Å². The molecule has 0 saturated carbocycles. The van der Waals surface area contributed by atoms with E-state index in [1.54, 1.807) is 6.20 Å². The normalized spacial score (nSPS) is 10.7. The molecule has 4 rings (SSSR count). The second-order valence-electron chi connectivity index (χ2n) is 5.97. The zero-order chi connectivity index (χ0) is 18.5. The highest BCUT2D eigenvalue weighted by molar-refractivity contribution is 5.91. The van der Waals surface area contributed by atoms with Crippen molar-refractivity contribution in [3.05, 3.63) is 72.8 Å². The van der Waals surface area contributed by atoms with Gasteiger partial charge in [-0.05, 0) is 30.3 Å². The van der Waals surface area contributed by atoms with Crippen molar-refractivity contribution in [2.24, 2.45) is 0 Å². The summed E-state index contributed by atoms with van der Waals surface area (Å²) < 4.78 is 5.63. The second-order valence-corrected chi connectivity index (χ2v) is 5.97. The lowest BCUT2D eigenvalue weighted by Gasteiger charge is -2.06. The Balaban J connectivity index is 1.35. The fourth-order valence-electron chi connectivity index (χ4n) is 2.68. The van der Waals surface area contributed by atoms with Gasteiger partial charge in [-0.25, -0.2) is 0 Å². The van der Waals surface area contributed by atoms with Gasteiger partial charge in [0.25, 0.3) is 0 Å². The average Bonchev–Trinajstić information content (AvgIpc) is 3.40. The van der Waals surface area contributed by atoms with Gasteiger partial charge in [0, 0.05) is 35.9 Å². The molecule has 0 aliphatic carbocycles. The Morgan fingerprint density at radius 1 is 1.00 bits per heavy atom. The van der Waals surface area contributed by atoms with Gasteiger partial charge in [-0.15, -0.1) is 10.2 Å². The van der Waals surface area contributed by atoms with Gasteiger partial charge in [0.1, 0.15) is 0 Å². The molecule has 4 aromatic rings. The molecule has 134 valence electrons. The number of aromatic nitrogens is 4. The van der Waals surface area contributed by atoms with Crippen LogP contribution in [0.4, 0.5) is 5.69 Å². The van der Waals surface area contributed by atoms with Crippen LogP contribution in [0, 0.1) is 0 Å². The maximum atomic E-state index is 12.2. The van der Waals surface area contributed by atoms with Crippen LogP contribution >= 0.6 is 0 Å². The van der Waals surface area contributed by atoms with E-state index in [4.69, 9.17) is 4.42 Å². The van der Waals surface area contributed by atoms with Crippen molar-refractivity contribution in [1.82, 2.24) is 20.4 Å². The number of hydrogen-bond acceptors (Lipinski definition) is 5. The number of amides is 1. The standard InChI is InChI=1S/C20H17N5O2/c26-18(22-16-8-4-7-15(13-16)17-11-12-21-23-17)9-10-19-24-25-20(27-19)14-5-2-1-3-6-14/h1-8,11-13H,9-10H2,(H,21,23)(H,22,26). The van der Waals surface area contributed by atoms with Crippen molar-refractivity contribution >= 4 is 11.6 Å². The molecule has 1 amide bonds. The first-order valence-electron chi connectivity index (χ1n) is 8.55. The number of benzene rings is 2. The first-order chi connectivity index (χ1) is 13.3. The summed E-state index contributed by atoms with van der Waals surface area (Å²) in [5, 5.41) is 17.8. The minimum absolute atomic E-state index is 0.115. The molecule has 7 heteroatoms. The lowest BCUT2D eigenvalue weighted by molar-refractivity contribution is -0.116. The molecule has 0 unspecified atom stereocenters. The van der Waals surface area contributed by atoms with Crippen LogP contribution in [-0.2, 0) is 11.2 Å². The number of nitrogens with zero attached hydrogens (tertiary/aromatic N) is 3. The number of nitrogens with one attached hydrogen (secondary N) is 2. The van der Waals surface area contributed by atoms with E-state index >= 15 is 0 Å². The lowest BCUT2D eigenvalue weighted by Crippen LogP contribution is -2.12. The minimum Gasteiger partial charge on any atom is -0.421 e. The average molecular weight is 359 g/mol. The van der Waals surface area contributed by atoms with Crippen molar-refractivity contribution in [3.63, 3.8) is 0 Å². The molecule has 2 heterocycles. The van der Waals surface area contributed by atoms with E-state index in [1.165, 1.54) is 0 Å². The number of carbonyl (C=O) groups excluding carboxylic acids is 1. The topological polar surface area (TPSA) is 96.7 Å². The summed E-state index contributed by atoms with van der Waals surface area (Å²) in [6.07, 6.45) is 2.32. The van der Waals surface area contributed by atoms with Crippen molar-refractivity contribution < 1.29 is 9.21 Å². The molecule has 0 bridgehead atoms. The molecule has 0 fully saturated rings. The van der Waals surface area contributed by atoms with Gasteiger partial charge < -0.3 is 9.73 Å². The van der Waals surface area contributed by atoms with Crippen LogP contribution in [0.25, 0.3) is 22.7 Å². The van der Waals surface area contributed by atoms with Crippen LogP contribution < -0.4 is 5.32 Å². The van der Waals surface area contributed by atoms with E-state index in [0.717, 1.165) is 22.5 Å². The van der Waals surface area contributed by atoms with Crippen LogP contribution in [0.15, 0.2) is 71.3 Å². The predicted molar refractivity (Wildman–Crippen MR) is 101 cm³/mol. The van der Waals surface area contributed by atoms with Gasteiger partial charge in [0.15, 0.2) is 0 Å². The fraction of sp³-hybridized carbons (Fsp3) is 0.100. The van der Waals surface area contributed by atoms with Crippen LogP contribution in [0.1, 0.15) is 12.3 Å². The Morgan fingerprint density at radius 3 is 2.67 bits per heavy atom. The molecule has 27 heavy (non-hydrogen) atoms. The third-order valence-corrected chi connectivity index (χ3v) is 4.01. The molecular formula is C20H17N5O2. The van der Waals surface area contributed by atoms with Gasteiger partial charge in [0.2, 0.25) is 17.7 Å². The summed E-state index contributed by atoms with van der Waals surface area (Å²) in [6.45, 7) is 0. The van der Waals surface area contributed by atoms with Gasteiger partial charge >= 0.3 is 0 Å². The van der Waals surface area contributed by atoms with Gasteiger partial charge in [0.05, 0.1) is 5.69 Å². The first kappa shape index (κ1) is 16.7. The number of carbonyl (C=O) groups is 1. The number of H-pyrrole nitrogens is 1. The van der Waals surface area contributed by atoms with E-state index in [1.807, 2.05) is 60.7 Å². The Kier molecular flexibility index (Phi) is 4.74. The highest BCUT2D eigenvalue weighted by Crippen LogP contribution is 2.21. The Bertz CT molecular complexity index is 1030. The zero-order valence-corrected chi connectivity index (χ0v) is 14.4. The smallest absolute Gasteiger partial charge is 0.247 e. The number of aryl methyl sites for hydroxylation is 1. The lowest BCUT2D eigenvalue weighted by atomic mass is 10.1. The van der Waals surface area contributed by atoms with Gasteiger partial charge in [-0.2, -0.15) is 5.10 Å². The number of aromatic amines is 1. The summed E-state index contributed by atoms with van der Waals surface area (Å²) >= 11 is 0. The van der Waals surface area contributed by atoms with E-state index in [9.17, 15) is 4.79 Å². The Morgan fingerprint density at radius 2 is 1.85 bits per heavy atom. The number of rotatable bonds is 6. The zero-order valence-electron chi connectivity index (χ0n) is 14.4. The van der Waals surface area contributed by atoms with Crippen LogP contribution in [0.5, 0.6) is 0 Å². The van der Waals surface area contributed by atoms with E-state index in [2.05, 4.69) is 25.7 Å². The minimum atomic E-state index is -0.115. The number of anilines is 1. The largest absolute Gasteiger partial charge is 0.421 e. The fourth-order valence-corrected chi connectivity index (χ4v) is 2.68. The van der Waals surface area contributed by atoms with Crippen molar-refractivity contribution in [2.45, 2.75) is 12.8 Å². The maximum Gasteiger partial charge on any atom is 0.247 e. The summed E-state index contributed by atoms with van der Waals surface area (Å²) in [5.74, 6) is 0.782. The van der Waals surface area contributed by atoms with Crippen molar-refractivity contribution in [2.75, 3.05) is 5.32 Å². The highest BCUT2D eigenvalue weighted by atomic mass is 16.4. The first-order valence-corrected chi connectivity index (χ1v) is 8.55. The summed E-state index contributed by atoms with van der Waals surface area (Å²) in [7, 11) is 0. The second kappa shape index (κ2) is 7.65. The molecule has 2 N–H and O–H groups in total. The molecule has 0 saturated heterocycles. The van der Waals surface area contributed by atoms with Crippen LogP contribution in [-0.4, -0.2) is 26.3 Å². The third-order valence-electron chi connectivity index (χ3n) is 4.01. The maximum absolute atomic E-state index is 12.2. The molecule has 2 aromatic heterocycles. The molecular weight excluding hydrogens is 342 g/mol. The SMILES string of the molecule is O=C(CCc1nnc(-c2ccccc2)o1)Nc1cccc(-c2ccn[nH]2)c1. The summed E-state index contributed by atoms with van der Waals surface area (Å²) in [5.41, 5.74) is 3.43. The van der Waals surface area contributed by atoms with Crippen molar-refractivity contribution in [3.8, 4) is 22.7 Å². The van der Waals surface area contributed by atoms with E-state index in [-0.39, 0.29) is 12.3 Å². The van der Waals surface area contributed by atoms with E-state index in [0.29, 0.717) is 18.2 Å². The van der Waals surface area contributed by atoms with Crippen LogP contribution in [0.3, 0.4) is 0 Å². The highest BCUT2D eigenvalue weighted by Gasteiger charge is 2.11. The number of hydrogen-bond donors (Lipinski definition) is 2. The molecule has 0 spiro atoms. The molecule has 7 nitrogen and oxygen atoms in total. The third kappa shape index (κ3) is 4.09. The molecule has 2 aromatic carbocycles. The molecule has 0 aliphatic heterocycles. The molecule has 0 atom stereocenters. The molecule has 0 radical (unpaired) electrons. The van der Waals surface area contributed by atoms with E-state index < -0.39 is 0 Å².